The first-order valence-corrected chi connectivity index (χ1v) is 7.77. The van der Waals surface area contributed by atoms with Crippen LogP contribution in [0.4, 0.5) is 0 Å². The van der Waals surface area contributed by atoms with Crippen molar-refractivity contribution in [1.82, 2.24) is 0 Å². The number of carbonyl (C=O) groups is 2. The molecule has 0 bridgehead atoms. The molecular formula is C16H30O4. The summed E-state index contributed by atoms with van der Waals surface area (Å²) in [5, 5.41) is 0. The number of rotatable bonds is 12. The number of esters is 2. The highest BCUT2D eigenvalue weighted by Crippen LogP contribution is 2.20. The lowest BCUT2D eigenvalue weighted by molar-refractivity contribution is -0.141. The van der Waals surface area contributed by atoms with Crippen LogP contribution in [0.25, 0.3) is 0 Å². The summed E-state index contributed by atoms with van der Waals surface area (Å²) in [4.78, 5) is 22.0. The second kappa shape index (κ2) is 12.9. The molecule has 0 rings (SSSR count). The molecule has 1 atom stereocenters. The average molecular weight is 286 g/mol. The number of carbonyl (C=O) groups excluding carboxylic acids is 2. The van der Waals surface area contributed by atoms with Crippen LogP contribution in [0.15, 0.2) is 0 Å². The van der Waals surface area contributed by atoms with E-state index in [0.29, 0.717) is 18.8 Å². The minimum absolute atomic E-state index is 0.109. The standard InChI is InChI=1S/C16H30O4/c1-4-14(11-9-13-16(18)20-3)10-7-5-6-8-12-15(17)19-2/h14H,4-13H2,1-3H3. The van der Waals surface area contributed by atoms with Crippen molar-refractivity contribution in [2.45, 2.75) is 71.1 Å². The zero-order valence-electron chi connectivity index (χ0n) is 13.3. The van der Waals surface area contributed by atoms with E-state index in [2.05, 4.69) is 16.4 Å². The Morgan fingerprint density at radius 2 is 1.30 bits per heavy atom. The Morgan fingerprint density at radius 3 is 1.85 bits per heavy atom. The molecule has 0 aromatic carbocycles. The van der Waals surface area contributed by atoms with Gasteiger partial charge in [-0.2, -0.15) is 0 Å². The molecule has 0 radical (unpaired) electrons. The van der Waals surface area contributed by atoms with Gasteiger partial charge >= 0.3 is 11.9 Å². The first-order valence-electron chi connectivity index (χ1n) is 7.77. The van der Waals surface area contributed by atoms with Crippen molar-refractivity contribution in [3.05, 3.63) is 0 Å². The van der Waals surface area contributed by atoms with E-state index in [0.717, 1.165) is 25.7 Å². The largest absolute Gasteiger partial charge is 0.469 e. The second-order valence-corrected chi connectivity index (χ2v) is 5.27. The fraction of sp³-hybridized carbons (Fsp3) is 0.875. The zero-order chi connectivity index (χ0) is 15.2. The Morgan fingerprint density at radius 1 is 0.800 bits per heavy atom. The van der Waals surface area contributed by atoms with Crippen LogP contribution in [0.3, 0.4) is 0 Å². The second-order valence-electron chi connectivity index (χ2n) is 5.27. The molecule has 0 aliphatic rings. The van der Waals surface area contributed by atoms with Gasteiger partial charge in [-0.05, 0) is 25.2 Å². The van der Waals surface area contributed by atoms with Crippen LogP contribution in [0.2, 0.25) is 0 Å². The van der Waals surface area contributed by atoms with Gasteiger partial charge in [0.05, 0.1) is 14.2 Å². The molecule has 0 saturated heterocycles. The highest BCUT2D eigenvalue weighted by molar-refractivity contribution is 5.69. The van der Waals surface area contributed by atoms with E-state index >= 15 is 0 Å². The third kappa shape index (κ3) is 10.8. The lowest BCUT2D eigenvalue weighted by Gasteiger charge is -2.14. The molecule has 0 fully saturated rings. The quantitative estimate of drug-likeness (QED) is 0.404. The number of ether oxygens (including phenoxy) is 2. The van der Waals surface area contributed by atoms with Crippen LogP contribution in [0.5, 0.6) is 0 Å². The third-order valence-electron chi connectivity index (χ3n) is 3.77. The highest BCUT2D eigenvalue weighted by atomic mass is 16.5. The topological polar surface area (TPSA) is 52.6 Å². The maximum Gasteiger partial charge on any atom is 0.305 e. The van der Waals surface area contributed by atoms with Gasteiger partial charge in [-0.15, -0.1) is 0 Å². The van der Waals surface area contributed by atoms with Gasteiger partial charge in [-0.1, -0.05) is 39.0 Å². The maximum atomic E-state index is 11.0. The van der Waals surface area contributed by atoms with Crippen molar-refractivity contribution in [2.75, 3.05) is 14.2 Å². The first kappa shape index (κ1) is 18.9. The molecule has 0 aromatic heterocycles. The average Bonchev–Trinajstić information content (AvgIpc) is 2.47. The lowest BCUT2D eigenvalue weighted by atomic mass is 9.93. The summed E-state index contributed by atoms with van der Waals surface area (Å²) in [6.45, 7) is 2.21. The molecule has 0 aliphatic heterocycles. The summed E-state index contributed by atoms with van der Waals surface area (Å²) in [6.07, 6.45) is 9.88. The van der Waals surface area contributed by atoms with E-state index in [-0.39, 0.29) is 11.9 Å². The summed E-state index contributed by atoms with van der Waals surface area (Å²) < 4.78 is 9.25. The molecule has 0 aliphatic carbocycles. The van der Waals surface area contributed by atoms with E-state index < -0.39 is 0 Å². The Bertz CT molecular complexity index is 263. The predicted octanol–water partition coefficient (Wildman–Crippen LogP) is 3.87. The van der Waals surface area contributed by atoms with Crippen LogP contribution < -0.4 is 0 Å². The van der Waals surface area contributed by atoms with Crippen LogP contribution in [-0.2, 0) is 19.1 Å². The molecule has 0 aromatic rings. The van der Waals surface area contributed by atoms with E-state index in [9.17, 15) is 9.59 Å². The smallest absolute Gasteiger partial charge is 0.305 e. The van der Waals surface area contributed by atoms with Crippen LogP contribution in [0.1, 0.15) is 71.1 Å². The summed E-state index contributed by atoms with van der Waals surface area (Å²) in [7, 11) is 2.87. The number of methoxy groups -OCH3 is 2. The van der Waals surface area contributed by atoms with E-state index in [1.54, 1.807) is 0 Å². The van der Waals surface area contributed by atoms with Gasteiger partial charge in [-0.25, -0.2) is 0 Å². The Hall–Kier alpha value is -1.06. The van der Waals surface area contributed by atoms with Gasteiger partial charge in [0.25, 0.3) is 0 Å². The summed E-state index contributed by atoms with van der Waals surface area (Å²) in [6, 6.07) is 0. The lowest BCUT2D eigenvalue weighted by Crippen LogP contribution is -2.04. The van der Waals surface area contributed by atoms with Gasteiger partial charge in [0.1, 0.15) is 0 Å². The SMILES string of the molecule is CCC(CCCCCCC(=O)OC)CCCC(=O)OC. The van der Waals surface area contributed by atoms with Gasteiger partial charge in [0, 0.05) is 12.8 Å². The summed E-state index contributed by atoms with van der Waals surface area (Å²) in [5.74, 6) is 0.488. The van der Waals surface area contributed by atoms with E-state index in [1.807, 2.05) is 0 Å². The molecule has 20 heavy (non-hydrogen) atoms. The monoisotopic (exact) mass is 286 g/mol. The fourth-order valence-electron chi connectivity index (χ4n) is 2.35. The Labute approximate surface area is 123 Å². The summed E-state index contributed by atoms with van der Waals surface area (Å²) >= 11 is 0. The van der Waals surface area contributed by atoms with E-state index in [1.165, 1.54) is 39.9 Å². The number of unbranched alkanes of at least 4 members (excludes halogenated alkanes) is 3. The zero-order valence-corrected chi connectivity index (χ0v) is 13.3. The molecule has 0 spiro atoms. The minimum atomic E-state index is -0.112. The molecule has 0 amide bonds. The molecule has 4 heteroatoms. The van der Waals surface area contributed by atoms with Crippen molar-refractivity contribution in [3.8, 4) is 0 Å². The van der Waals surface area contributed by atoms with Crippen molar-refractivity contribution in [2.24, 2.45) is 5.92 Å². The summed E-state index contributed by atoms with van der Waals surface area (Å²) in [5.41, 5.74) is 0. The molecule has 118 valence electrons. The molecule has 0 N–H and O–H groups in total. The molecule has 0 saturated carbocycles. The highest BCUT2D eigenvalue weighted by Gasteiger charge is 2.08. The van der Waals surface area contributed by atoms with Crippen molar-refractivity contribution < 1.29 is 19.1 Å². The van der Waals surface area contributed by atoms with Crippen LogP contribution >= 0.6 is 0 Å². The van der Waals surface area contributed by atoms with E-state index in [4.69, 9.17) is 0 Å². The first-order chi connectivity index (χ1) is 9.63. The van der Waals surface area contributed by atoms with Crippen LogP contribution in [0, 0.1) is 5.92 Å². The normalized spacial score (nSPS) is 11.9. The Balaban J connectivity index is 3.50. The Kier molecular flexibility index (Phi) is 12.3. The minimum Gasteiger partial charge on any atom is -0.469 e. The maximum absolute atomic E-state index is 11.0. The van der Waals surface area contributed by atoms with Gasteiger partial charge in [-0.3, -0.25) is 9.59 Å². The van der Waals surface area contributed by atoms with Crippen molar-refractivity contribution in [3.63, 3.8) is 0 Å². The van der Waals surface area contributed by atoms with Gasteiger partial charge in [0.2, 0.25) is 0 Å². The molecule has 4 nitrogen and oxygen atoms in total. The third-order valence-corrected chi connectivity index (χ3v) is 3.77. The number of hydrogen-bond donors (Lipinski definition) is 0. The fourth-order valence-corrected chi connectivity index (χ4v) is 2.35. The molecule has 0 heterocycles. The molecule has 1 unspecified atom stereocenters. The number of hydrogen-bond acceptors (Lipinski definition) is 4. The predicted molar refractivity (Wildman–Crippen MR) is 79.4 cm³/mol. The van der Waals surface area contributed by atoms with Gasteiger partial charge in [0.15, 0.2) is 0 Å². The molecular weight excluding hydrogens is 256 g/mol. The van der Waals surface area contributed by atoms with Crippen molar-refractivity contribution in [1.29, 1.82) is 0 Å². The van der Waals surface area contributed by atoms with Gasteiger partial charge < -0.3 is 9.47 Å². The van der Waals surface area contributed by atoms with Crippen molar-refractivity contribution >= 4 is 11.9 Å². The van der Waals surface area contributed by atoms with Crippen LogP contribution in [-0.4, -0.2) is 26.2 Å².